The summed E-state index contributed by atoms with van der Waals surface area (Å²) in [4.78, 5) is 14.5. The molecule has 1 unspecified atom stereocenters. The highest BCUT2D eigenvalue weighted by Crippen LogP contribution is 2.34. The summed E-state index contributed by atoms with van der Waals surface area (Å²) in [6.45, 7) is 4.07. The van der Waals surface area contributed by atoms with Crippen LogP contribution in [0.4, 0.5) is 5.13 Å². The SMILES string of the molecule is CCCC(O)c1cc(C)c(-c2cc3nc(NC)sc3n3ncnc23)cn1. The predicted octanol–water partition coefficient (Wildman–Crippen LogP) is 3.58. The molecule has 0 fully saturated rings. The number of aromatic nitrogens is 5. The van der Waals surface area contributed by atoms with Gasteiger partial charge < -0.3 is 10.4 Å². The van der Waals surface area contributed by atoms with E-state index in [9.17, 15) is 5.11 Å². The fraction of sp³-hybridized carbons (Fsp3) is 0.333. The molecule has 4 aromatic heterocycles. The molecule has 0 aliphatic carbocycles. The van der Waals surface area contributed by atoms with E-state index in [1.807, 2.05) is 36.8 Å². The molecule has 0 aromatic carbocycles. The van der Waals surface area contributed by atoms with Crippen molar-refractivity contribution < 1.29 is 5.11 Å². The predicted molar refractivity (Wildman–Crippen MR) is 104 cm³/mol. The molecule has 7 nitrogen and oxygen atoms in total. The normalized spacial score (nSPS) is 12.8. The lowest BCUT2D eigenvalue weighted by Gasteiger charge is -2.12. The standard InChI is InChI=1S/C18H20N6OS/c1-4-5-15(25)13-6-10(2)12(8-20-13)11-7-14-17(26-18(19-3)23-14)24-16(11)21-9-22-24/h6-9,15,25H,4-5H2,1-3H3,(H,19,23). The molecular formula is C18H20N6OS. The number of aliphatic hydroxyl groups excluding tert-OH is 1. The van der Waals surface area contributed by atoms with Gasteiger partial charge in [0.15, 0.2) is 10.8 Å². The summed E-state index contributed by atoms with van der Waals surface area (Å²) in [5.41, 5.74) is 5.29. The van der Waals surface area contributed by atoms with Crippen LogP contribution in [0.2, 0.25) is 0 Å². The molecule has 0 aliphatic heterocycles. The van der Waals surface area contributed by atoms with Gasteiger partial charge in [0, 0.05) is 24.4 Å². The number of anilines is 1. The summed E-state index contributed by atoms with van der Waals surface area (Å²) in [6.07, 6.45) is 4.46. The van der Waals surface area contributed by atoms with Crippen molar-refractivity contribution in [2.45, 2.75) is 32.8 Å². The topological polar surface area (TPSA) is 88.2 Å². The number of aliphatic hydroxyl groups is 1. The third-order valence-corrected chi connectivity index (χ3v) is 5.50. The first kappa shape index (κ1) is 16.9. The number of aryl methyl sites for hydroxylation is 1. The molecule has 0 bridgehead atoms. The van der Waals surface area contributed by atoms with E-state index in [1.54, 1.807) is 17.7 Å². The first-order valence-corrected chi connectivity index (χ1v) is 9.40. The maximum absolute atomic E-state index is 10.2. The van der Waals surface area contributed by atoms with Gasteiger partial charge in [0.1, 0.15) is 16.7 Å². The van der Waals surface area contributed by atoms with Crippen LogP contribution in [0.5, 0.6) is 0 Å². The van der Waals surface area contributed by atoms with Gasteiger partial charge in [0.05, 0.1) is 11.8 Å². The average molecular weight is 368 g/mol. The Hall–Kier alpha value is -2.58. The largest absolute Gasteiger partial charge is 0.387 e. The summed E-state index contributed by atoms with van der Waals surface area (Å²) in [5, 5.41) is 18.5. The third-order valence-electron chi connectivity index (χ3n) is 4.44. The van der Waals surface area contributed by atoms with Crippen LogP contribution in [0.3, 0.4) is 0 Å². The summed E-state index contributed by atoms with van der Waals surface area (Å²) in [6, 6.07) is 3.98. The van der Waals surface area contributed by atoms with Crippen LogP contribution >= 0.6 is 11.3 Å². The molecule has 1 atom stereocenters. The lowest BCUT2D eigenvalue weighted by molar-refractivity contribution is 0.161. The first-order chi connectivity index (χ1) is 12.6. The van der Waals surface area contributed by atoms with Gasteiger partial charge in [-0.1, -0.05) is 24.7 Å². The van der Waals surface area contributed by atoms with E-state index < -0.39 is 6.10 Å². The Balaban J connectivity index is 1.89. The van der Waals surface area contributed by atoms with Crippen molar-refractivity contribution in [3.05, 3.63) is 35.9 Å². The maximum Gasteiger partial charge on any atom is 0.185 e. The molecule has 0 spiro atoms. The number of nitrogens with one attached hydrogen (secondary N) is 1. The van der Waals surface area contributed by atoms with Crippen molar-refractivity contribution in [1.29, 1.82) is 0 Å². The molecule has 0 aliphatic rings. The van der Waals surface area contributed by atoms with Crippen LogP contribution in [0, 0.1) is 6.92 Å². The average Bonchev–Trinajstić information content (AvgIpc) is 3.27. The molecule has 0 saturated carbocycles. The molecule has 0 saturated heterocycles. The van der Waals surface area contributed by atoms with Crippen molar-refractivity contribution in [2.75, 3.05) is 12.4 Å². The van der Waals surface area contributed by atoms with E-state index in [2.05, 4.69) is 32.3 Å². The second-order valence-corrected chi connectivity index (χ2v) is 7.22. The minimum atomic E-state index is -0.528. The highest BCUT2D eigenvalue weighted by molar-refractivity contribution is 7.21. The van der Waals surface area contributed by atoms with Crippen LogP contribution in [0.15, 0.2) is 24.7 Å². The monoisotopic (exact) mass is 368 g/mol. The van der Waals surface area contributed by atoms with Crippen molar-refractivity contribution in [1.82, 2.24) is 24.6 Å². The number of rotatable bonds is 5. The summed E-state index contributed by atoms with van der Waals surface area (Å²) >= 11 is 1.54. The van der Waals surface area contributed by atoms with Gasteiger partial charge >= 0.3 is 0 Å². The van der Waals surface area contributed by atoms with E-state index in [0.717, 1.165) is 44.2 Å². The molecule has 0 amide bonds. The van der Waals surface area contributed by atoms with Crippen LogP contribution in [0.1, 0.15) is 37.1 Å². The highest BCUT2D eigenvalue weighted by Gasteiger charge is 2.17. The Kier molecular flexibility index (Phi) is 4.29. The molecule has 26 heavy (non-hydrogen) atoms. The summed E-state index contributed by atoms with van der Waals surface area (Å²) in [7, 11) is 1.85. The van der Waals surface area contributed by atoms with Gasteiger partial charge in [-0.2, -0.15) is 5.10 Å². The Labute approximate surface area is 154 Å². The van der Waals surface area contributed by atoms with Gasteiger partial charge in [0.25, 0.3) is 0 Å². The van der Waals surface area contributed by atoms with Gasteiger partial charge in [-0.25, -0.2) is 14.5 Å². The minimum absolute atomic E-state index is 0.528. The Morgan fingerprint density at radius 3 is 2.85 bits per heavy atom. The van der Waals surface area contributed by atoms with Crippen molar-refractivity contribution in [3.63, 3.8) is 0 Å². The van der Waals surface area contributed by atoms with Crippen LogP contribution in [0.25, 0.3) is 27.1 Å². The molecule has 0 radical (unpaired) electrons. The van der Waals surface area contributed by atoms with E-state index in [4.69, 9.17) is 0 Å². The highest BCUT2D eigenvalue weighted by atomic mass is 32.1. The lowest BCUT2D eigenvalue weighted by Crippen LogP contribution is -2.02. The van der Waals surface area contributed by atoms with Gasteiger partial charge in [-0.3, -0.25) is 4.98 Å². The zero-order valence-corrected chi connectivity index (χ0v) is 15.7. The Morgan fingerprint density at radius 2 is 2.12 bits per heavy atom. The number of hydrogen-bond donors (Lipinski definition) is 2. The molecule has 134 valence electrons. The first-order valence-electron chi connectivity index (χ1n) is 8.58. The second-order valence-electron chi connectivity index (χ2n) is 6.24. The Bertz CT molecular complexity index is 1090. The number of pyridine rings is 2. The van der Waals surface area contributed by atoms with E-state index in [0.29, 0.717) is 12.1 Å². The molecule has 4 rings (SSSR count). The number of nitrogens with zero attached hydrogens (tertiary/aromatic N) is 5. The van der Waals surface area contributed by atoms with Gasteiger partial charge in [-0.15, -0.1) is 0 Å². The van der Waals surface area contributed by atoms with Crippen LogP contribution in [-0.2, 0) is 0 Å². The number of fused-ring (bicyclic) bond motifs is 3. The van der Waals surface area contributed by atoms with Crippen LogP contribution < -0.4 is 5.32 Å². The van der Waals surface area contributed by atoms with Crippen molar-refractivity contribution in [3.8, 4) is 11.1 Å². The zero-order chi connectivity index (χ0) is 18.3. The van der Waals surface area contributed by atoms with Crippen LogP contribution in [-0.4, -0.2) is 36.7 Å². The van der Waals surface area contributed by atoms with E-state index in [1.165, 1.54) is 0 Å². The fourth-order valence-electron chi connectivity index (χ4n) is 3.11. The lowest BCUT2D eigenvalue weighted by atomic mass is 10.0. The van der Waals surface area contributed by atoms with Crippen molar-refractivity contribution >= 4 is 32.5 Å². The summed E-state index contributed by atoms with van der Waals surface area (Å²) < 4.78 is 1.82. The molecule has 8 heteroatoms. The quantitative estimate of drug-likeness (QED) is 0.560. The second kappa shape index (κ2) is 6.62. The minimum Gasteiger partial charge on any atom is -0.387 e. The number of thiazole rings is 1. The van der Waals surface area contributed by atoms with Gasteiger partial charge in [-0.05, 0) is 31.0 Å². The fourth-order valence-corrected chi connectivity index (χ4v) is 3.97. The molecule has 4 heterocycles. The van der Waals surface area contributed by atoms with E-state index >= 15 is 0 Å². The summed E-state index contributed by atoms with van der Waals surface area (Å²) in [5.74, 6) is 0. The Morgan fingerprint density at radius 1 is 1.27 bits per heavy atom. The zero-order valence-electron chi connectivity index (χ0n) is 14.9. The maximum atomic E-state index is 10.2. The molecular weight excluding hydrogens is 348 g/mol. The number of hydrogen-bond acceptors (Lipinski definition) is 7. The van der Waals surface area contributed by atoms with Crippen molar-refractivity contribution in [2.24, 2.45) is 0 Å². The molecule has 4 aromatic rings. The molecule has 2 N–H and O–H groups in total. The third kappa shape index (κ3) is 2.71. The van der Waals surface area contributed by atoms with E-state index in [-0.39, 0.29) is 0 Å². The van der Waals surface area contributed by atoms with Gasteiger partial charge in [0.2, 0.25) is 0 Å². The smallest absolute Gasteiger partial charge is 0.185 e.